The van der Waals surface area contributed by atoms with Gasteiger partial charge < -0.3 is 5.32 Å². The van der Waals surface area contributed by atoms with Crippen LogP contribution in [0.4, 0.5) is 22.0 Å². The molecule has 0 aliphatic heterocycles. The molecule has 2 rings (SSSR count). The van der Waals surface area contributed by atoms with Crippen molar-refractivity contribution in [3.8, 4) is 0 Å². The molecule has 2 atom stereocenters. The summed E-state index contributed by atoms with van der Waals surface area (Å²) in [6.45, 7) is 0.402. The number of benzene rings is 1. The average molecular weight is 307 g/mol. The van der Waals surface area contributed by atoms with Crippen molar-refractivity contribution in [2.45, 2.75) is 50.9 Å². The first-order valence-electron chi connectivity index (χ1n) is 7.03. The quantitative estimate of drug-likeness (QED) is 0.785. The van der Waals surface area contributed by atoms with Crippen molar-refractivity contribution in [1.29, 1.82) is 0 Å². The van der Waals surface area contributed by atoms with Crippen LogP contribution in [0.3, 0.4) is 0 Å². The molecular formula is C15H18F5N. The lowest BCUT2D eigenvalue weighted by Gasteiger charge is -2.31. The van der Waals surface area contributed by atoms with E-state index in [-0.39, 0.29) is 24.4 Å². The second-order valence-electron chi connectivity index (χ2n) is 5.53. The molecule has 0 saturated heterocycles. The molecule has 1 aliphatic rings. The summed E-state index contributed by atoms with van der Waals surface area (Å²) in [4.78, 5) is 0. The summed E-state index contributed by atoms with van der Waals surface area (Å²) in [5.74, 6) is -1.23. The minimum atomic E-state index is -4.13. The Hall–Kier alpha value is -1.17. The molecule has 0 bridgehead atoms. The third-order valence-corrected chi connectivity index (χ3v) is 3.96. The fourth-order valence-corrected chi connectivity index (χ4v) is 2.72. The summed E-state index contributed by atoms with van der Waals surface area (Å²) in [5, 5.41) is 3.10. The second kappa shape index (κ2) is 6.73. The Labute approximate surface area is 120 Å². The standard InChI is InChI=1S/C15H18F5N/c16-14(17)11-6-4-10(5-7-11)9-21-13-3-1-2-12(8-13)15(18,19)20/h4-7,12-14,21H,1-3,8-9H2. The van der Waals surface area contributed by atoms with Crippen molar-refractivity contribution in [2.24, 2.45) is 5.92 Å². The molecule has 0 amide bonds. The molecule has 0 spiro atoms. The van der Waals surface area contributed by atoms with Crippen molar-refractivity contribution < 1.29 is 22.0 Å². The Morgan fingerprint density at radius 3 is 2.33 bits per heavy atom. The van der Waals surface area contributed by atoms with Crippen molar-refractivity contribution in [3.05, 3.63) is 35.4 Å². The van der Waals surface area contributed by atoms with Gasteiger partial charge in [0.25, 0.3) is 6.43 Å². The van der Waals surface area contributed by atoms with E-state index < -0.39 is 18.5 Å². The first-order valence-corrected chi connectivity index (χ1v) is 7.03. The van der Waals surface area contributed by atoms with E-state index in [1.54, 1.807) is 12.1 Å². The summed E-state index contributed by atoms with van der Waals surface area (Å²) in [5.41, 5.74) is 0.752. The zero-order chi connectivity index (χ0) is 15.5. The van der Waals surface area contributed by atoms with Crippen molar-refractivity contribution in [2.75, 3.05) is 0 Å². The molecule has 118 valence electrons. The van der Waals surface area contributed by atoms with E-state index in [0.717, 1.165) is 12.0 Å². The fourth-order valence-electron chi connectivity index (χ4n) is 2.72. The first-order chi connectivity index (χ1) is 9.86. The number of halogens is 5. The maximum absolute atomic E-state index is 12.7. The van der Waals surface area contributed by atoms with Crippen LogP contribution in [-0.2, 0) is 6.54 Å². The molecule has 1 fully saturated rings. The number of hydrogen-bond acceptors (Lipinski definition) is 1. The van der Waals surface area contributed by atoms with Crippen molar-refractivity contribution >= 4 is 0 Å². The molecule has 21 heavy (non-hydrogen) atoms. The monoisotopic (exact) mass is 307 g/mol. The van der Waals surface area contributed by atoms with Crippen LogP contribution in [0.5, 0.6) is 0 Å². The highest BCUT2D eigenvalue weighted by Crippen LogP contribution is 2.37. The molecular weight excluding hydrogens is 289 g/mol. The van der Waals surface area contributed by atoms with Crippen molar-refractivity contribution in [1.82, 2.24) is 5.32 Å². The van der Waals surface area contributed by atoms with Crippen molar-refractivity contribution in [3.63, 3.8) is 0 Å². The Morgan fingerprint density at radius 1 is 1.10 bits per heavy atom. The molecule has 1 nitrogen and oxygen atoms in total. The van der Waals surface area contributed by atoms with Gasteiger partial charge in [-0.2, -0.15) is 13.2 Å². The third kappa shape index (κ3) is 4.66. The number of rotatable bonds is 4. The molecule has 1 N–H and O–H groups in total. The smallest absolute Gasteiger partial charge is 0.310 e. The zero-order valence-electron chi connectivity index (χ0n) is 11.5. The minimum absolute atomic E-state index is 0.0476. The third-order valence-electron chi connectivity index (χ3n) is 3.96. The van der Waals surface area contributed by atoms with E-state index in [4.69, 9.17) is 0 Å². The van der Waals surface area contributed by atoms with Gasteiger partial charge in [-0.1, -0.05) is 30.7 Å². The summed E-state index contributed by atoms with van der Waals surface area (Å²) < 4.78 is 62.9. The maximum Gasteiger partial charge on any atom is 0.391 e. The molecule has 6 heteroatoms. The van der Waals surface area contributed by atoms with E-state index in [2.05, 4.69) is 5.32 Å². The van der Waals surface area contributed by atoms with Gasteiger partial charge >= 0.3 is 6.18 Å². The molecule has 1 aromatic rings. The summed E-state index contributed by atoms with van der Waals surface area (Å²) in [6, 6.07) is 5.69. The van der Waals surface area contributed by atoms with E-state index in [9.17, 15) is 22.0 Å². The highest BCUT2D eigenvalue weighted by Gasteiger charge is 2.41. The summed E-state index contributed by atoms with van der Waals surface area (Å²) in [6.07, 6.45) is -5.05. The first kappa shape index (κ1) is 16.2. The normalized spacial score (nSPS) is 23.5. The van der Waals surface area contributed by atoms with Crippen LogP contribution in [0.1, 0.15) is 43.2 Å². The highest BCUT2D eigenvalue weighted by atomic mass is 19.4. The lowest BCUT2D eigenvalue weighted by molar-refractivity contribution is -0.183. The lowest BCUT2D eigenvalue weighted by atomic mass is 9.85. The van der Waals surface area contributed by atoms with Gasteiger partial charge in [-0.25, -0.2) is 8.78 Å². The lowest BCUT2D eigenvalue weighted by Crippen LogP contribution is -2.38. The number of alkyl halides is 5. The summed E-state index contributed by atoms with van der Waals surface area (Å²) >= 11 is 0. The number of hydrogen-bond donors (Lipinski definition) is 1. The van der Waals surface area contributed by atoms with E-state index in [1.807, 2.05) is 0 Å². The Balaban J connectivity index is 1.85. The van der Waals surface area contributed by atoms with Gasteiger partial charge in [-0.05, 0) is 24.8 Å². The van der Waals surface area contributed by atoms with Gasteiger partial charge in [0, 0.05) is 18.2 Å². The van der Waals surface area contributed by atoms with Crippen LogP contribution in [0.25, 0.3) is 0 Å². The molecule has 2 unspecified atom stereocenters. The van der Waals surface area contributed by atoms with Gasteiger partial charge in [0.1, 0.15) is 0 Å². The van der Waals surface area contributed by atoms with Crippen LogP contribution in [0.2, 0.25) is 0 Å². The number of nitrogens with one attached hydrogen (secondary N) is 1. The van der Waals surface area contributed by atoms with E-state index in [1.165, 1.54) is 12.1 Å². The molecule has 0 heterocycles. The van der Waals surface area contributed by atoms with Gasteiger partial charge in [0.15, 0.2) is 0 Å². The average Bonchev–Trinajstić information content (AvgIpc) is 2.45. The molecule has 1 aromatic carbocycles. The predicted molar refractivity (Wildman–Crippen MR) is 70.0 cm³/mol. The maximum atomic E-state index is 12.7. The molecule has 0 radical (unpaired) electrons. The minimum Gasteiger partial charge on any atom is -0.310 e. The van der Waals surface area contributed by atoms with Crippen LogP contribution in [0.15, 0.2) is 24.3 Å². The zero-order valence-corrected chi connectivity index (χ0v) is 11.5. The Morgan fingerprint density at radius 2 is 1.76 bits per heavy atom. The van der Waals surface area contributed by atoms with Crippen LogP contribution in [0, 0.1) is 5.92 Å². The van der Waals surface area contributed by atoms with Gasteiger partial charge in [0.2, 0.25) is 0 Å². The molecule has 1 saturated carbocycles. The molecule has 1 aliphatic carbocycles. The molecule has 0 aromatic heterocycles. The Bertz CT molecular complexity index is 440. The topological polar surface area (TPSA) is 12.0 Å². The second-order valence-corrected chi connectivity index (χ2v) is 5.53. The largest absolute Gasteiger partial charge is 0.391 e. The van der Waals surface area contributed by atoms with Gasteiger partial charge in [-0.3, -0.25) is 0 Å². The highest BCUT2D eigenvalue weighted by molar-refractivity contribution is 5.23. The van der Waals surface area contributed by atoms with Crippen LogP contribution in [-0.4, -0.2) is 12.2 Å². The van der Waals surface area contributed by atoms with Gasteiger partial charge in [-0.15, -0.1) is 0 Å². The fraction of sp³-hybridized carbons (Fsp3) is 0.600. The van der Waals surface area contributed by atoms with Crippen LogP contribution >= 0.6 is 0 Å². The Kier molecular flexibility index (Phi) is 5.19. The van der Waals surface area contributed by atoms with E-state index >= 15 is 0 Å². The van der Waals surface area contributed by atoms with Crippen LogP contribution < -0.4 is 5.32 Å². The summed E-state index contributed by atoms with van der Waals surface area (Å²) in [7, 11) is 0. The SMILES string of the molecule is FC(F)c1ccc(CNC2CCCC(C(F)(F)F)C2)cc1. The van der Waals surface area contributed by atoms with Gasteiger partial charge in [0.05, 0.1) is 5.92 Å². The van der Waals surface area contributed by atoms with E-state index in [0.29, 0.717) is 13.0 Å². The predicted octanol–water partition coefficient (Wildman–Crippen LogP) is 4.83.